The Morgan fingerprint density at radius 2 is 1.67 bits per heavy atom. The van der Waals surface area contributed by atoms with E-state index in [9.17, 15) is 5.11 Å². The monoisotopic (exact) mass is 386 g/mol. The molecule has 24 heavy (non-hydrogen) atoms. The van der Waals surface area contributed by atoms with E-state index in [4.69, 9.17) is 4.74 Å². The Hall–Kier alpha value is -1.84. The van der Waals surface area contributed by atoms with Crippen molar-refractivity contribution in [3.8, 4) is 11.5 Å². The summed E-state index contributed by atoms with van der Waals surface area (Å²) in [4.78, 5) is 0. The van der Waals surface area contributed by atoms with Crippen molar-refractivity contribution in [3.05, 3.63) is 82.9 Å². The highest BCUT2D eigenvalue weighted by Crippen LogP contribution is 2.38. The van der Waals surface area contributed by atoms with Crippen molar-refractivity contribution < 1.29 is 9.84 Å². The Morgan fingerprint density at radius 1 is 1.08 bits per heavy atom. The lowest BCUT2D eigenvalue weighted by Crippen LogP contribution is -2.24. The molecule has 0 amide bonds. The maximum absolute atomic E-state index is 10.9. The van der Waals surface area contributed by atoms with E-state index in [1.807, 2.05) is 50.2 Å². The standard InChI is InChI=1S/C21H23BrO2/c1-5-12-21(23,13-6-2)17-10-11-19(18(22)14-17)24-20-15(3)8-7-9-16(20)4/h5-11,14,23H,1-2,12-13H2,3-4H3. The maximum atomic E-state index is 10.9. The SMILES string of the molecule is C=CCC(O)(CC=C)c1ccc(Oc2c(C)cccc2C)c(Br)c1. The van der Waals surface area contributed by atoms with Crippen LogP contribution in [-0.2, 0) is 5.60 Å². The van der Waals surface area contributed by atoms with Gasteiger partial charge in [0.05, 0.1) is 10.1 Å². The second-order valence-corrected chi connectivity index (χ2v) is 6.84. The summed E-state index contributed by atoms with van der Waals surface area (Å²) >= 11 is 3.56. The lowest BCUT2D eigenvalue weighted by atomic mass is 9.87. The highest BCUT2D eigenvalue weighted by molar-refractivity contribution is 9.10. The topological polar surface area (TPSA) is 29.5 Å². The average Bonchev–Trinajstić information content (AvgIpc) is 2.53. The van der Waals surface area contributed by atoms with Crippen LogP contribution in [0.3, 0.4) is 0 Å². The molecule has 0 saturated heterocycles. The quantitative estimate of drug-likeness (QED) is 0.574. The Bertz CT molecular complexity index is 719. The van der Waals surface area contributed by atoms with E-state index < -0.39 is 5.60 Å². The van der Waals surface area contributed by atoms with Crippen LogP contribution in [0.25, 0.3) is 0 Å². The van der Waals surface area contributed by atoms with E-state index in [1.54, 1.807) is 12.2 Å². The van der Waals surface area contributed by atoms with Gasteiger partial charge in [0.2, 0.25) is 0 Å². The maximum Gasteiger partial charge on any atom is 0.141 e. The first-order chi connectivity index (χ1) is 11.4. The van der Waals surface area contributed by atoms with Gasteiger partial charge in [-0.2, -0.15) is 0 Å². The smallest absolute Gasteiger partial charge is 0.141 e. The Labute approximate surface area is 152 Å². The second kappa shape index (κ2) is 7.82. The Kier molecular flexibility index (Phi) is 6.03. The van der Waals surface area contributed by atoms with Crippen LogP contribution in [0.1, 0.15) is 29.5 Å². The molecule has 0 saturated carbocycles. The molecule has 0 unspecified atom stereocenters. The minimum absolute atomic E-state index is 0.461. The zero-order valence-electron chi connectivity index (χ0n) is 14.2. The summed E-state index contributed by atoms with van der Waals surface area (Å²) in [5, 5.41) is 10.9. The number of para-hydroxylation sites is 1. The minimum atomic E-state index is -0.997. The summed E-state index contributed by atoms with van der Waals surface area (Å²) in [6, 6.07) is 11.7. The summed E-state index contributed by atoms with van der Waals surface area (Å²) in [7, 11) is 0. The van der Waals surface area contributed by atoms with Crippen molar-refractivity contribution in [2.75, 3.05) is 0 Å². The fourth-order valence-corrected chi connectivity index (χ4v) is 3.20. The molecule has 2 aromatic carbocycles. The molecule has 0 aliphatic carbocycles. The van der Waals surface area contributed by atoms with Gasteiger partial charge >= 0.3 is 0 Å². The van der Waals surface area contributed by atoms with Gasteiger partial charge in [-0.1, -0.05) is 36.4 Å². The average molecular weight is 387 g/mol. The molecule has 0 spiro atoms. The zero-order valence-corrected chi connectivity index (χ0v) is 15.8. The third-order valence-electron chi connectivity index (χ3n) is 4.05. The summed E-state index contributed by atoms with van der Waals surface area (Å²) in [5.74, 6) is 1.58. The number of halogens is 1. The summed E-state index contributed by atoms with van der Waals surface area (Å²) in [6.45, 7) is 11.5. The molecule has 126 valence electrons. The molecule has 2 aromatic rings. The number of aryl methyl sites for hydroxylation is 2. The van der Waals surface area contributed by atoms with Crippen LogP contribution < -0.4 is 4.74 Å². The van der Waals surface area contributed by atoms with Crippen molar-refractivity contribution in [2.24, 2.45) is 0 Å². The van der Waals surface area contributed by atoms with Gasteiger partial charge in [-0.25, -0.2) is 0 Å². The first kappa shape index (κ1) is 18.5. The molecule has 0 atom stereocenters. The van der Waals surface area contributed by atoms with Crippen molar-refractivity contribution in [1.82, 2.24) is 0 Å². The van der Waals surface area contributed by atoms with Crippen LogP contribution in [0, 0.1) is 13.8 Å². The molecule has 0 aliphatic rings. The molecule has 0 heterocycles. The first-order valence-electron chi connectivity index (χ1n) is 7.89. The predicted molar refractivity (Wildman–Crippen MR) is 104 cm³/mol. The van der Waals surface area contributed by atoms with Gasteiger partial charge in [0.1, 0.15) is 11.5 Å². The summed E-state index contributed by atoms with van der Waals surface area (Å²) in [5.41, 5.74) is 1.98. The lowest BCUT2D eigenvalue weighted by molar-refractivity contribution is 0.0429. The molecule has 0 aromatic heterocycles. The normalized spacial score (nSPS) is 11.2. The van der Waals surface area contributed by atoms with Gasteiger partial charge in [0.25, 0.3) is 0 Å². The van der Waals surface area contributed by atoms with Gasteiger partial charge in [0, 0.05) is 0 Å². The van der Waals surface area contributed by atoms with Crippen LogP contribution >= 0.6 is 15.9 Å². The Balaban J connectivity index is 2.36. The second-order valence-electron chi connectivity index (χ2n) is 5.99. The number of ether oxygens (including phenoxy) is 1. The number of hydrogen-bond donors (Lipinski definition) is 1. The fourth-order valence-electron chi connectivity index (χ4n) is 2.74. The molecule has 0 fully saturated rings. The summed E-state index contributed by atoms with van der Waals surface area (Å²) in [6.07, 6.45) is 4.36. The molecule has 0 radical (unpaired) electrons. The molecule has 0 bridgehead atoms. The lowest BCUT2D eigenvalue weighted by Gasteiger charge is -2.27. The molecule has 2 nitrogen and oxygen atoms in total. The molecular formula is C21H23BrO2. The van der Waals surface area contributed by atoms with Crippen LogP contribution in [-0.4, -0.2) is 5.11 Å². The minimum Gasteiger partial charge on any atom is -0.456 e. The fraction of sp³-hybridized carbons (Fsp3) is 0.238. The first-order valence-corrected chi connectivity index (χ1v) is 8.69. The van der Waals surface area contributed by atoms with Crippen molar-refractivity contribution >= 4 is 15.9 Å². The van der Waals surface area contributed by atoms with E-state index in [0.29, 0.717) is 12.8 Å². The molecule has 3 heteroatoms. The van der Waals surface area contributed by atoms with Crippen LogP contribution in [0.15, 0.2) is 66.2 Å². The van der Waals surface area contributed by atoms with Crippen LogP contribution in [0.4, 0.5) is 0 Å². The predicted octanol–water partition coefficient (Wildman–Crippen LogP) is 6.20. The van der Waals surface area contributed by atoms with Gasteiger partial charge in [-0.15, -0.1) is 13.2 Å². The van der Waals surface area contributed by atoms with Crippen molar-refractivity contribution in [3.63, 3.8) is 0 Å². The highest BCUT2D eigenvalue weighted by Gasteiger charge is 2.27. The third-order valence-corrected chi connectivity index (χ3v) is 4.67. The van der Waals surface area contributed by atoms with Crippen LogP contribution in [0.5, 0.6) is 11.5 Å². The number of rotatable bonds is 7. The van der Waals surface area contributed by atoms with Gasteiger partial charge in [-0.3, -0.25) is 0 Å². The molecule has 2 rings (SSSR count). The zero-order chi connectivity index (χ0) is 17.7. The van der Waals surface area contributed by atoms with E-state index in [-0.39, 0.29) is 0 Å². The van der Waals surface area contributed by atoms with Crippen molar-refractivity contribution in [1.29, 1.82) is 0 Å². The molecule has 0 aliphatic heterocycles. The van der Waals surface area contributed by atoms with Crippen molar-refractivity contribution in [2.45, 2.75) is 32.3 Å². The van der Waals surface area contributed by atoms with Gasteiger partial charge < -0.3 is 9.84 Å². The van der Waals surface area contributed by atoms with Crippen LogP contribution in [0.2, 0.25) is 0 Å². The molecule has 1 N–H and O–H groups in total. The molecular weight excluding hydrogens is 364 g/mol. The van der Waals surface area contributed by atoms with Gasteiger partial charge in [-0.05, 0) is 71.4 Å². The van der Waals surface area contributed by atoms with E-state index in [2.05, 4.69) is 29.1 Å². The van der Waals surface area contributed by atoms with E-state index >= 15 is 0 Å². The van der Waals surface area contributed by atoms with E-state index in [1.165, 1.54) is 0 Å². The number of aliphatic hydroxyl groups is 1. The summed E-state index contributed by atoms with van der Waals surface area (Å²) < 4.78 is 6.89. The Morgan fingerprint density at radius 3 is 2.17 bits per heavy atom. The van der Waals surface area contributed by atoms with Gasteiger partial charge in [0.15, 0.2) is 0 Å². The highest BCUT2D eigenvalue weighted by atomic mass is 79.9. The van der Waals surface area contributed by atoms with E-state index in [0.717, 1.165) is 32.7 Å². The largest absolute Gasteiger partial charge is 0.456 e. The number of hydrogen-bond acceptors (Lipinski definition) is 2. The number of benzene rings is 2. The third kappa shape index (κ3) is 3.97.